The lowest BCUT2D eigenvalue weighted by molar-refractivity contribution is -0.119. The number of halogens is 2. The maximum atomic E-state index is 12.7. The van der Waals surface area contributed by atoms with Gasteiger partial charge in [0.25, 0.3) is 11.8 Å². The van der Waals surface area contributed by atoms with Gasteiger partial charge in [-0.3, -0.25) is 14.4 Å². The van der Waals surface area contributed by atoms with Crippen LogP contribution in [-0.4, -0.2) is 53.7 Å². The first-order valence-electron chi connectivity index (χ1n) is 9.21. The number of carbonyl (C=O) groups is 3. The Labute approximate surface area is 179 Å². The second-order valence-corrected chi connectivity index (χ2v) is 7.72. The molecule has 1 aliphatic rings. The summed E-state index contributed by atoms with van der Waals surface area (Å²) in [5.41, 5.74) is 1.95. The first-order chi connectivity index (χ1) is 13.8. The van der Waals surface area contributed by atoms with Gasteiger partial charge in [0.2, 0.25) is 5.91 Å². The molecule has 1 saturated heterocycles. The molecule has 0 aromatic heterocycles. The fourth-order valence-corrected chi connectivity index (χ4v) is 3.67. The first kappa shape index (κ1) is 21.1. The molecule has 3 amide bonds. The van der Waals surface area contributed by atoms with E-state index in [1.807, 2.05) is 12.1 Å². The predicted octanol–water partition coefficient (Wildman–Crippen LogP) is 3.23. The van der Waals surface area contributed by atoms with E-state index in [-0.39, 0.29) is 17.7 Å². The molecule has 0 atom stereocenters. The zero-order chi connectivity index (χ0) is 21.0. The topological polar surface area (TPSA) is 69.7 Å². The summed E-state index contributed by atoms with van der Waals surface area (Å²) in [5.74, 6) is -0.324. The summed E-state index contributed by atoms with van der Waals surface area (Å²) in [4.78, 5) is 39.8. The van der Waals surface area contributed by atoms with Crippen molar-refractivity contribution in [3.05, 3.63) is 69.2 Å². The number of hydrogen-bond acceptors (Lipinski definition) is 3. The van der Waals surface area contributed by atoms with Crippen molar-refractivity contribution in [2.45, 2.75) is 13.5 Å². The largest absolute Gasteiger partial charge is 0.352 e. The van der Waals surface area contributed by atoms with Crippen molar-refractivity contribution in [1.82, 2.24) is 15.1 Å². The number of piperazine rings is 1. The van der Waals surface area contributed by atoms with Gasteiger partial charge in [0.05, 0.1) is 0 Å². The molecular weight excluding hydrogens is 413 g/mol. The maximum absolute atomic E-state index is 12.7. The smallest absolute Gasteiger partial charge is 0.254 e. The van der Waals surface area contributed by atoms with Crippen molar-refractivity contribution < 1.29 is 14.4 Å². The van der Waals surface area contributed by atoms with Crippen LogP contribution < -0.4 is 5.32 Å². The number of carbonyl (C=O) groups excluding carboxylic acids is 3. The van der Waals surface area contributed by atoms with Crippen LogP contribution in [-0.2, 0) is 11.3 Å². The molecule has 8 heteroatoms. The normalized spacial score (nSPS) is 13.9. The maximum Gasteiger partial charge on any atom is 0.254 e. The fraction of sp³-hybridized carbons (Fsp3) is 0.286. The number of nitrogens with one attached hydrogen (secondary N) is 1. The lowest BCUT2D eigenvalue weighted by Crippen LogP contribution is -2.50. The molecule has 0 aliphatic carbocycles. The Balaban J connectivity index is 1.57. The lowest BCUT2D eigenvalue weighted by Gasteiger charge is -2.35. The number of hydrogen-bond donors (Lipinski definition) is 1. The van der Waals surface area contributed by atoms with Gasteiger partial charge < -0.3 is 15.1 Å². The Kier molecular flexibility index (Phi) is 6.77. The summed E-state index contributed by atoms with van der Waals surface area (Å²) >= 11 is 12.0. The standard InChI is InChI=1S/C21H21Cl2N3O3/c1-14(27)24-13-15-2-4-16(5-3-15)20(28)25-6-8-26(9-7-25)21(29)17-10-18(22)12-19(23)11-17/h2-5,10-12H,6-9,13H2,1H3,(H,24,27). The second kappa shape index (κ2) is 9.29. The quantitative estimate of drug-likeness (QED) is 0.804. The molecule has 2 aromatic carbocycles. The van der Waals surface area contributed by atoms with Gasteiger partial charge in [-0.25, -0.2) is 0 Å². The molecule has 0 radical (unpaired) electrons. The third-order valence-electron chi connectivity index (χ3n) is 4.71. The Hall–Kier alpha value is -2.57. The van der Waals surface area contributed by atoms with Crippen LogP contribution in [0.15, 0.2) is 42.5 Å². The highest BCUT2D eigenvalue weighted by Gasteiger charge is 2.25. The van der Waals surface area contributed by atoms with E-state index in [9.17, 15) is 14.4 Å². The van der Waals surface area contributed by atoms with Crippen molar-refractivity contribution in [3.63, 3.8) is 0 Å². The third kappa shape index (κ3) is 5.49. The number of benzene rings is 2. The van der Waals surface area contributed by atoms with Gasteiger partial charge in [-0.15, -0.1) is 0 Å². The Morgan fingerprint density at radius 2 is 1.31 bits per heavy atom. The molecule has 29 heavy (non-hydrogen) atoms. The van der Waals surface area contributed by atoms with Gasteiger partial charge in [-0.2, -0.15) is 0 Å². The van der Waals surface area contributed by atoms with Crippen molar-refractivity contribution >= 4 is 40.9 Å². The zero-order valence-corrected chi connectivity index (χ0v) is 17.5. The van der Waals surface area contributed by atoms with Gasteiger partial charge in [0.1, 0.15) is 0 Å². The summed E-state index contributed by atoms with van der Waals surface area (Å²) in [7, 11) is 0. The molecule has 1 fully saturated rings. The minimum atomic E-state index is -0.149. The second-order valence-electron chi connectivity index (χ2n) is 6.85. The van der Waals surface area contributed by atoms with E-state index < -0.39 is 0 Å². The highest BCUT2D eigenvalue weighted by atomic mass is 35.5. The molecule has 0 unspecified atom stereocenters. The molecule has 1 heterocycles. The Morgan fingerprint density at radius 3 is 1.79 bits per heavy atom. The number of nitrogens with zero attached hydrogens (tertiary/aromatic N) is 2. The van der Waals surface area contributed by atoms with Crippen molar-refractivity contribution in [2.75, 3.05) is 26.2 Å². The molecule has 0 spiro atoms. The summed E-state index contributed by atoms with van der Waals surface area (Å²) in [5, 5.41) is 3.55. The molecular formula is C21H21Cl2N3O3. The van der Waals surface area contributed by atoms with Crippen LogP contribution in [0.4, 0.5) is 0 Å². The van der Waals surface area contributed by atoms with Crippen molar-refractivity contribution in [3.8, 4) is 0 Å². The van der Waals surface area contributed by atoms with Gasteiger partial charge in [0.15, 0.2) is 0 Å². The highest BCUT2D eigenvalue weighted by molar-refractivity contribution is 6.35. The minimum absolute atomic E-state index is 0.0750. The van der Waals surface area contributed by atoms with Crippen LogP contribution in [0.3, 0.4) is 0 Å². The number of amides is 3. The number of rotatable bonds is 4. The van der Waals surface area contributed by atoms with Gasteiger partial charge in [0, 0.05) is 60.8 Å². The molecule has 152 valence electrons. The molecule has 1 N–H and O–H groups in total. The Bertz CT molecular complexity index is 903. The average Bonchev–Trinajstić information content (AvgIpc) is 2.71. The van der Waals surface area contributed by atoms with E-state index in [1.165, 1.54) is 6.92 Å². The summed E-state index contributed by atoms with van der Waals surface area (Å²) in [6.07, 6.45) is 0. The highest BCUT2D eigenvalue weighted by Crippen LogP contribution is 2.21. The van der Waals surface area contributed by atoms with Crippen LogP contribution in [0.1, 0.15) is 33.2 Å². The predicted molar refractivity (Wildman–Crippen MR) is 112 cm³/mol. The Morgan fingerprint density at radius 1 is 0.828 bits per heavy atom. The van der Waals surface area contributed by atoms with Gasteiger partial charge >= 0.3 is 0 Å². The van der Waals surface area contributed by atoms with Gasteiger partial charge in [-0.1, -0.05) is 35.3 Å². The molecule has 1 aliphatic heterocycles. The van der Waals surface area contributed by atoms with E-state index in [2.05, 4.69) is 5.32 Å². The average molecular weight is 434 g/mol. The summed E-state index contributed by atoms with van der Waals surface area (Å²) in [6, 6.07) is 11.9. The molecule has 0 saturated carbocycles. The lowest BCUT2D eigenvalue weighted by atomic mass is 10.1. The van der Waals surface area contributed by atoms with Crippen LogP contribution in [0, 0.1) is 0 Å². The summed E-state index contributed by atoms with van der Waals surface area (Å²) < 4.78 is 0. The summed E-state index contributed by atoms with van der Waals surface area (Å²) in [6.45, 7) is 3.67. The molecule has 6 nitrogen and oxygen atoms in total. The monoisotopic (exact) mass is 433 g/mol. The van der Waals surface area contributed by atoms with Crippen LogP contribution in [0.2, 0.25) is 10.0 Å². The van der Waals surface area contributed by atoms with E-state index >= 15 is 0 Å². The van der Waals surface area contributed by atoms with E-state index in [1.54, 1.807) is 40.1 Å². The third-order valence-corrected chi connectivity index (χ3v) is 5.14. The first-order valence-corrected chi connectivity index (χ1v) is 9.97. The minimum Gasteiger partial charge on any atom is -0.352 e. The molecule has 2 aromatic rings. The van der Waals surface area contributed by atoms with Crippen LogP contribution in [0.25, 0.3) is 0 Å². The zero-order valence-electron chi connectivity index (χ0n) is 16.0. The van der Waals surface area contributed by atoms with Crippen molar-refractivity contribution in [2.24, 2.45) is 0 Å². The van der Waals surface area contributed by atoms with E-state index in [0.717, 1.165) is 5.56 Å². The van der Waals surface area contributed by atoms with Crippen LogP contribution in [0.5, 0.6) is 0 Å². The molecule has 0 bridgehead atoms. The SMILES string of the molecule is CC(=O)NCc1ccc(C(=O)N2CCN(C(=O)c3cc(Cl)cc(Cl)c3)CC2)cc1. The fourth-order valence-electron chi connectivity index (χ4n) is 3.15. The molecule has 3 rings (SSSR count). The van der Waals surface area contributed by atoms with Crippen molar-refractivity contribution in [1.29, 1.82) is 0 Å². The van der Waals surface area contributed by atoms with Gasteiger partial charge in [-0.05, 0) is 35.9 Å². The van der Waals surface area contributed by atoms with E-state index in [4.69, 9.17) is 23.2 Å². The van der Waals surface area contributed by atoms with Crippen LogP contribution >= 0.6 is 23.2 Å². The van der Waals surface area contributed by atoms with E-state index in [0.29, 0.717) is 53.9 Å².